The van der Waals surface area contributed by atoms with Gasteiger partial charge in [-0.1, -0.05) is 202 Å². The zero-order valence-electron chi connectivity index (χ0n) is 45.4. The maximum atomic E-state index is 3.99. The van der Waals surface area contributed by atoms with E-state index in [2.05, 4.69) is 241 Å². The Bertz CT molecular complexity index is 3910. The molecule has 3 aliphatic carbocycles. The number of fused-ring (bicyclic) bond motifs is 8. The Hall–Kier alpha value is -8.46. The van der Waals surface area contributed by atoms with Crippen LogP contribution in [0, 0.1) is 0 Å². The normalized spacial score (nSPS) is 13.5. The summed E-state index contributed by atoms with van der Waals surface area (Å²) in [6.45, 7) is 3.99. The van der Waals surface area contributed by atoms with Crippen molar-refractivity contribution in [2.45, 2.75) is 95.3 Å². The molecule has 0 unspecified atom stereocenters. The fourth-order valence-corrected chi connectivity index (χ4v) is 13.8. The maximum Gasteiger partial charge on any atom is 0.0541 e. The standard InChI is InChI=1S/C77H68N2/c1-2-54-24-28-58(29-25-54)60-38-42-66(43-39-60)78(65-40-36-59(37-41-65)57-18-8-3-9-19-57)67-44-46-69-70-47-45-68(79-75-22-12-10-20-71(75)72-21-11-13-23-76(72)79)53-74(70)77(73(69)52-67,48-14-4-6-16-55-26-30-61-32-34-63(61)50-55)49-15-5-7-17-56-27-31-62-33-35-64(62)51-56/h2-3,8-13,18-31,36-47,50-53H,1,4-7,14-17,32-35,48-49H2. The molecule has 79 heavy (non-hydrogen) atoms. The van der Waals surface area contributed by atoms with Gasteiger partial charge in [-0.2, -0.15) is 0 Å². The molecule has 0 fully saturated rings. The van der Waals surface area contributed by atoms with Crippen molar-refractivity contribution in [3.63, 3.8) is 0 Å². The molecule has 1 heterocycles. The first-order valence-electron chi connectivity index (χ1n) is 29.3. The molecule has 2 heteroatoms. The summed E-state index contributed by atoms with van der Waals surface area (Å²) < 4.78 is 2.53. The molecule has 3 aliphatic rings. The van der Waals surface area contributed by atoms with Crippen molar-refractivity contribution < 1.29 is 0 Å². The molecule has 0 radical (unpaired) electrons. The van der Waals surface area contributed by atoms with Crippen LogP contribution < -0.4 is 4.90 Å². The second-order valence-electron chi connectivity index (χ2n) is 22.9. The molecule has 11 aromatic rings. The van der Waals surface area contributed by atoms with Crippen molar-refractivity contribution in [2.75, 3.05) is 4.90 Å². The van der Waals surface area contributed by atoms with E-state index in [9.17, 15) is 0 Å². The third-order valence-electron chi connectivity index (χ3n) is 18.3. The van der Waals surface area contributed by atoms with Crippen LogP contribution in [0.4, 0.5) is 17.1 Å². The molecule has 0 saturated heterocycles. The largest absolute Gasteiger partial charge is 0.310 e. The first kappa shape index (κ1) is 48.9. The Labute approximate surface area is 467 Å². The predicted octanol–water partition coefficient (Wildman–Crippen LogP) is 20.3. The van der Waals surface area contributed by atoms with Gasteiger partial charge in [0.25, 0.3) is 0 Å². The monoisotopic (exact) mass is 1020 g/mol. The highest BCUT2D eigenvalue weighted by molar-refractivity contribution is 6.09. The van der Waals surface area contributed by atoms with E-state index in [-0.39, 0.29) is 5.41 Å². The molecule has 0 amide bonds. The number of hydrogen-bond donors (Lipinski definition) is 0. The second-order valence-corrected chi connectivity index (χ2v) is 22.9. The van der Waals surface area contributed by atoms with Crippen LogP contribution in [0.15, 0.2) is 231 Å². The minimum Gasteiger partial charge on any atom is -0.310 e. The summed E-state index contributed by atoms with van der Waals surface area (Å²) in [5.74, 6) is 0. The number of anilines is 3. The smallest absolute Gasteiger partial charge is 0.0541 e. The van der Waals surface area contributed by atoms with Crippen LogP contribution in [-0.2, 0) is 43.9 Å². The third-order valence-corrected chi connectivity index (χ3v) is 18.3. The number of hydrogen-bond acceptors (Lipinski definition) is 1. The van der Waals surface area contributed by atoms with Crippen molar-refractivity contribution in [3.05, 3.63) is 281 Å². The van der Waals surface area contributed by atoms with Crippen LogP contribution in [0.2, 0.25) is 0 Å². The average Bonchev–Trinajstić information content (AvgIpc) is 4.07. The molecule has 1 aromatic heterocycles. The fourth-order valence-electron chi connectivity index (χ4n) is 13.8. The highest BCUT2D eigenvalue weighted by atomic mass is 15.1. The summed E-state index contributed by atoms with van der Waals surface area (Å²) in [6, 6.07) is 85.4. The Morgan fingerprint density at radius 3 is 1.38 bits per heavy atom. The van der Waals surface area contributed by atoms with Crippen LogP contribution >= 0.6 is 0 Å². The van der Waals surface area contributed by atoms with Gasteiger partial charge in [0.1, 0.15) is 0 Å². The van der Waals surface area contributed by atoms with E-state index in [0.717, 1.165) is 42.6 Å². The van der Waals surface area contributed by atoms with Crippen molar-refractivity contribution in [1.82, 2.24) is 4.57 Å². The van der Waals surface area contributed by atoms with Gasteiger partial charge in [-0.15, -0.1) is 0 Å². The Kier molecular flexibility index (Phi) is 13.0. The first-order chi connectivity index (χ1) is 39.1. The number of rotatable bonds is 19. The Morgan fingerprint density at radius 1 is 0.392 bits per heavy atom. The van der Waals surface area contributed by atoms with E-state index in [1.807, 2.05) is 6.08 Å². The maximum absolute atomic E-state index is 3.99. The summed E-state index contributed by atoms with van der Waals surface area (Å²) in [5.41, 5.74) is 28.0. The fraction of sp³-hybridized carbons (Fsp3) is 0.195. The van der Waals surface area contributed by atoms with Crippen molar-refractivity contribution in [1.29, 1.82) is 0 Å². The molecule has 0 N–H and O–H groups in total. The van der Waals surface area contributed by atoms with Crippen LogP contribution in [-0.4, -0.2) is 4.57 Å². The summed E-state index contributed by atoms with van der Waals surface area (Å²) in [6.07, 6.45) is 18.5. The topological polar surface area (TPSA) is 8.17 Å². The molecular formula is C77H68N2. The first-order valence-corrected chi connectivity index (χ1v) is 29.3. The highest BCUT2D eigenvalue weighted by Gasteiger charge is 2.43. The van der Waals surface area contributed by atoms with E-state index in [0.29, 0.717) is 0 Å². The molecule has 0 atom stereocenters. The van der Waals surface area contributed by atoms with E-state index < -0.39 is 0 Å². The zero-order chi connectivity index (χ0) is 52.7. The van der Waals surface area contributed by atoms with Gasteiger partial charge in [0.15, 0.2) is 0 Å². The van der Waals surface area contributed by atoms with Gasteiger partial charge in [0, 0.05) is 38.9 Å². The number of benzene rings is 10. The molecule has 14 rings (SSSR count). The summed E-state index contributed by atoms with van der Waals surface area (Å²) >= 11 is 0. The predicted molar refractivity (Wildman–Crippen MR) is 335 cm³/mol. The van der Waals surface area contributed by atoms with Crippen LogP contribution in [0.25, 0.3) is 66.9 Å². The van der Waals surface area contributed by atoms with E-state index in [4.69, 9.17) is 0 Å². The van der Waals surface area contributed by atoms with Gasteiger partial charge in [-0.05, 0) is 208 Å². The van der Waals surface area contributed by atoms with Crippen LogP contribution in [0.5, 0.6) is 0 Å². The molecule has 10 aromatic carbocycles. The second kappa shape index (κ2) is 21.1. The third kappa shape index (κ3) is 9.21. The summed E-state index contributed by atoms with van der Waals surface area (Å²) in [5, 5.41) is 2.60. The van der Waals surface area contributed by atoms with Gasteiger partial charge >= 0.3 is 0 Å². The molecule has 0 bridgehead atoms. The molecule has 386 valence electrons. The SMILES string of the molecule is C=Cc1ccc(-c2ccc(N(c3ccc(-c4ccccc4)cc3)c3ccc4c(c3)C(CCCCCc3ccc5c(c3)CC5)(CCCCCc3ccc5c(c3)CC5)c3cc(-n5c6ccccc6c6ccccc65)ccc3-4)cc2)cc1. The lowest BCUT2D eigenvalue weighted by Crippen LogP contribution is -2.26. The average molecular weight is 1020 g/mol. The van der Waals surface area contributed by atoms with E-state index in [1.165, 1.54) is 153 Å². The van der Waals surface area contributed by atoms with Gasteiger partial charge in [0.05, 0.1) is 11.0 Å². The van der Waals surface area contributed by atoms with E-state index >= 15 is 0 Å². The minimum atomic E-state index is -0.189. The van der Waals surface area contributed by atoms with Gasteiger partial charge in [-0.3, -0.25) is 0 Å². The van der Waals surface area contributed by atoms with Gasteiger partial charge in [-0.25, -0.2) is 0 Å². The number of para-hydroxylation sites is 2. The van der Waals surface area contributed by atoms with Crippen molar-refractivity contribution in [2.24, 2.45) is 0 Å². The molecule has 0 aliphatic heterocycles. The van der Waals surface area contributed by atoms with Crippen LogP contribution in [0.1, 0.15) is 101 Å². The van der Waals surface area contributed by atoms with Gasteiger partial charge < -0.3 is 9.47 Å². The number of nitrogens with zero attached hydrogens (tertiary/aromatic N) is 2. The lowest BCUT2D eigenvalue weighted by Gasteiger charge is -2.34. The summed E-state index contributed by atoms with van der Waals surface area (Å²) in [4.78, 5) is 2.50. The highest BCUT2D eigenvalue weighted by Crippen LogP contribution is 2.56. The number of unbranched alkanes of at least 4 members (excludes halogenated alkanes) is 4. The van der Waals surface area contributed by atoms with Crippen molar-refractivity contribution >= 4 is 44.9 Å². The molecule has 0 spiro atoms. The van der Waals surface area contributed by atoms with Gasteiger partial charge in [0.2, 0.25) is 0 Å². The quantitative estimate of drug-likeness (QED) is 0.0733. The van der Waals surface area contributed by atoms with Crippen molar-refractivity contribution in [3.8, 4) is 39.1 Å². The lowest BCUT2D eigenvalue weighted by atomic mass is 9.70. The zero-order valence-corrected chi connectivity index (χ0v) is 45.4. The van der Waals surface area contributed by atoms with Crippen LogP contribution in [0.3, 0.4) is 0 Å². The lowest BCUT2D eigenvalue weighted by molar-refractivity contribution is 0.402. The van der Waals surface area contributed by atoms with E-state index in [1.54, 1.807) is 22.3 Å². The molecular weight excluding hydrogens is 953 g/mol. The Balaban J connectivity index is 0.882. The summed E-state index contributed by atoms with van der Waals surface area (Å²) in [7, 11) is 0. The number of aryl methyl sites for hydroxylation is 6. The Morgan fingerprint density at radius 2 is 0.861 bits per heavy atom. The molecule has 0 saturated carbocycles. The molecule has 2 nitrogen and oxygen atoms in total. The number of aromatic nitrogens is 1. The minimum absolute atomic E-state index is 0.189.